The number of nitrogens with one attached hydrogen (secondary N) is 1. The molecule has 5 N–H and O–H groups in total. The van der Waals surface area contributed by atoms with Gasteiger partial charge < -0.3 is 30.5 Å². The first-order valence-electron chi connectivity index (χ1n) is 13.8. The Labute approximate surface area is 253 Å². The van der Waals surface area contributed by atoms with Crippen LogP contribution in [-0.4, -0.2) is 63.6 Å². The Morgan fingerprint density at radius 3 is 2.67 bits per heavy atom. The van der Waals surface area contributed by atoms with E-state index in [9.17, 15) is 33.0 Å². The minimum Gasteiger partial charge on any atom is -0.507 e. The molecule has 1 unspecified atom stereocenters. The highest BCUT2D eigenvalue weighted by Gasteiger charge is 2.47. The number of nitrogens with two attached hydrogens (primary N) is 1. The molecule has 1 aliphatic rings. The van der Waals surface area contributed by atoms with Crippen LogP contribution in [-0.2, 0) is 22.1 Å². The number of carbonyl (C=O) groups excluding carboxylic acids is 2. The first kappa shape index (κ1) is 29.8. The van der Waals surface area contributed by atoms with Crippen LogP contribution in [0, 0.1) is 0 Å². The number of amides is 2. The topological polar surface area (TPSA) is 164 Å². The van der Waals surface area contributed by atoms with Crippen molar-refractivity contribution in [3.05, 3.63) is 89.5 Å². The van der Waals surface area contributed by atoms with Crippen molar-refractivity contribution >= 4 is 45.3 Å². The summed E-state index contributed by atoms with van der Waals surface area (Å²) in [6.45, 7) is -0.652. The van der Waals surface area contributed by atoms with E-state index in [0.29, 0.717) is 16.5 Å². The van der Waals surface area contributed by atoms with Crippen molar-refractivity contribution in [2.45, 2.75) is 24.3 Å². The van der Waals surface area contributed by atoms with Crippen molar-refractivity contribution in [3.63, 3.8) is 0 Å². The Morgan fingerprint density at radius 1 is 1.09 bits per heavy atom. The highest BCUT2D eigenvalue weighted by Crippen LogP contribution is 2.35. The fraction of sp³-hybridized carbons (Fsp3) is 0.226. The summed E-state index contributed by atoms with van der Waals surface area (Å²) in [4.78, 5) is 32.3. The van der Waals surface area contributed by atoms with Crippen LogP contribution in [0.15, 0.2) is 77.3 Å². The van der Waals surface area contributed by atoms with Crippen LogP contribution < -0.4 is 16.0 Å². The molecule has 6 rings (SSSR count). The molecule has 14 heteroatoms. The minimum atomic E-state index is -4.68. The quantitative estimate of drug-likeness (QED) is 0.212. The smallest absolute Gasteiger partial charge is 0.418 e. The number of fused-ring (bicyclic) bond motifs is 2. The Balaban J connectivity index is 1.34. The maximum absolute atomic E-state index is 13.9. The number of nitrogens with zero attached hydrogens (tertiary/aromatic N) is 3. The lowest BCUT2D eigenvalue weighted by Gasteiger charge is -2.41. The summed E-state index contributed by atoms with van der Waals surface area (Å²) in [6.07, 6.45) is -6.50. The molecule has 1 fully saturated rings. The van der Waals surface area contributed by atoms with Crippen LogP contribution in [0.4, 0.5) is 24.8 Å². The molecule has 232 valence electrons. The number of para-hydroxylation sites is 2. The first-order chi connectivity index (χ1) is 21.4. The van der Waals surface area contributed by atoms with Crippen molar-refractivity contribution in [2.75, 3.05) is 30.3 Å². The minimum absolute atomic E-state index is 0.0499. The number of nitrogen functional groups attached to an aromatic ring is 1. The predicted molar refractivity (Wildman–Crippen MR) is 156 cm³/mol. The first-order valence-corrected chi connectivity index (χ1v) is 13.8. The molecular formula is C31H26F3N5O6. The number of hydrogen-bond donors (Lipinski definition) is 4. The second-order valence-electron chi connectivity index (χ2n) is 10.7. The van der Waals surface area contributed by atoms with Gasteiger partial charge in [-0.1, -0.05) is 35.5 Å². The van der Waals surface area contributed by atoms with Gasteiger partial charge in [-0.3, -0.25) is 14.5 Å². The van der Waals surface area contributed by atoms with Crippen molar-refractivity contribution in [2.24, 2.45) is 0 Å². The van der Waals surface area contributed by atoms with Gasteiger partial charge in [0.1, 0.15) is 17.2 Å². The average molecular weight is 622 g/mol. The molecule has 11 nitrogen and oxygen atoms in total. The van der Waals surface area contributed by atoms with E-state index in [1.165, 1.54) is 42.5 Å². The van der Waals surface area contributed by atoms with E-state index in [4.69, 9.17) is 15.0 Å². The van der Waals surface area contributed by atoms with Gasteiger partial charge in [0.15, 0.2) is 17.5 Å². The van der Waals surface area contributed by atoms with Gasteiger partial charge in [0.05, 0.1) is 41.7 Å². The molecular weight excluding hydrogens is 595 g/mol. The number of anilines is 2. The highest BCUT2D eigenvalue weighted by atomic mass is 19.4. The van der Waals surface area contributed by atoms with E-state index in [1.807, 2.05) is 0 Å². The molecule has 2 atom stereocenters. The number of ether oxygens (including phenoxy) is 1. The number of aromatic hydroxyl groups is 1. The lowest BCUT2D eigenvalue weighted by Crippen LogP contribution is -2.63. The molecule has 0 aliphatic carbocycles. The van der Waals surface area contributed by atoms with Crippen LogP contribution in [0.1, 0.15) is 21.5 Å². The number of benzene rings is 3. The van der Waals surface area contributed by atoms with Gasteiger partial charge >= 0.3 is 6.18 Å². The van der Waals surface area contributed by atoms with Crippen LogP contribution in [0.5, 0.6) is 5.75 Å². The van der Waals surface area contributed by atoms with Gasteiger partial charge in [0.2, 0.25) is 0 Å². The summed E-state index contributed by atoms with van der Waals surface area (Å²) >= 11 is 0. The van der Waals surface area contributed by atoms with Gasteiger partial charge in [0.25, 0.3) is 11.8 Å². The lowest BCUT2D eigenvalue weighted by atomic mass is 9.86. The van der Waals surface area contributed by atoms with E-state index in [-0.39, 0.29) is 53.4 Å². The van der Waals surface area contributed by atoms with Crippen molar-refractivity contribution < 1.29 is 42.2 Å². The van der Waals surface area contributed by atoms with Crippen LogP contribution >= 0.6 is 0 Å². The highest BCUT2D eigenvalue weighted by molar-refractivity contribution is 5.99. The van der Waals surface area contributed by atoms with Crippen molar-refractivity contribution in [1.29, 1.82) is 0 Å². The molecule has 1 aliphatic heterocycles. The van der Waals surface area contributed by atoms with Gasteiger partial charge in [-0.05, 0) is 48.0 Å². The van der Waals surface area contributed by atoms with E-state index >= 15 is 0 Å². The summed E-state index contributed by atoms with van der Waals surface area (Å²) in [5, 5.41) is 29.3. The molecule has 5 aromatic rings. The Kier molecular flexibility index (Phi) is 7.54. The molecule has 1 saturated heterocycles. The van der Waals surface area contributed by atoms with Gasteiger partial charge in [0, 0.05) is 11.8 Å². The normalized spacial score (nSPS) is 17.0. The van der Waals surface area contributed by atoms with Crippen LogP contribution in [0.2, 0.25) is 0 Å². The third-order valence-corrected chi connectivity index (χ3v) is 7.64. The number of phenolic OH excluding ortho intramolecular Hbond substituents is 1. The second kappa shape index (κ2) is 11.4. The zero-order valence-electron chi connectivity index (χ0n) is 23.4. The Morgan fingerprint density at radius 2 is 1.89 bits per heavy atom. The zero-order valence-corrected chi connectivity index (χ0v) is 23.4. The number of phenols is 1. The van der Waals surface area contributed by atoms with Gasteiger partial charge in [-0.25, -0.2) is 4.98 Å². The van der Waals surface area contributed by atoms with Crippen LogP contribution in [0.25, 0.3) is 21.9 Å². The van der Waals surface area contributed by atoms with E-state index < -0.39 is 41.8 Å². The maximum Gasteiger partial charge on any atom is 0.418 e. The fourth-order valence-electron chi connectivity index (χ4n) is 5.42. The number of halogens is 3. The average Bonchev–Trinajstić information content (AvgIpc) is 3.38. The number of hydrogen-bond acceptors (Lipinski definition) is 9. The van der Waals surface area contributed by atoms with Crippen molar-refractivity contribution in [1.82, 2.24) is 15.5 Å². The summed E-state index contributed by atoms with van der Waals surface area (Å²) in [7, 11) is 0. The molecule has 0 saturated carbocycles. The number of pyridine rings is 1. The molecule has 3 aromatic carbocycles. The summed E-state index contributed by atoms with van der Waals surface area (Å²) in [5.74, 6) is -1.68. The largest absolute Gasteiger partial charge is 0.507 e. The summed E-state index contributed by atoms with van der Waals surface area (Å²) in [5.41, 5.74) is 3.18. The number of aromatic nitrogens is 2. The van der Waals surface area contributed by atoms with Crippen molar-refractivity contribution in [3.8, 4) is 5.75 Å². The Hall–Kier alpha value is -5.21. The van der Waals surface area contributed by atoms with E-state index in [2.05, 4.69) is 15.5 Å². The molecule has 0 spiro atoms. The van der Waals surface area contributed by atoms with Gasteiger partial charge in [-0.2, -0.15) is 13.2 Å². The third-order valence-electron chi connectivity index (χ3n) is 7.64. The maximum atomic E-state index is 13.9. The zero-order chi connectivity index (χ0) is 31.9. The number of rotatable bonds is 7. The molecule has 0 bridgehead atoms. The molecule has 0 radical (unpaired) electrons. The molecule has 2 aromatic heterocycles. The second-order valence-corrected chi connectivity index (χ2v) is 10.7. The van der Waals surface area contributed by atoms with E-state index in [0.717, 1.165) is 11.0 Å². The third kappa shape index (κ3) is 5.72. The number of morpholine rings is 1. The number of aliphatic hydroxyl groups is 1. The summed E-state index contributed by atoms with van der Waals surface area (Å²) in [6, 6.07) is 17.2. The molecule has 3 heterocycles. The van der Waals surface area contributed by atoms with Crippen LogP contribution in [0.3, 0.4) is 0 Å². The predicted octanol–water partition coefficient (Wildman–Crippen LogP) is 3.82. The molecule has 45 heavy (non-hydrogen) atoms. The standard InChI is InChI=1S/C31H26F3N5O6/c32-31(33,34)21-6-3-4-18-9-11-24(37-25(18)21)39-12-13-44-26(29(39)42)30(43,16-36-28(41)19-5-1-2-7-22(19)40)15-17-8-10-20-23(14-17)45-38-27(20)35/h1-11,14,26,40,43H,12-13,15-16H2,(H2,35,38)(H,36,41)/t26-,30?/m0/s1. The SMILES string of the molecule is Nc1noc2cc(CC(O)(CNC(=O)c3ccccc3O)[C@H]3OCCN(c4ccc5cccc(C(F)(F)F)c5n4)C3=O)ccc12. The Bertz CT molecular complexity index is 1930. The number of carbonyl (C=O) groups is 2. The van der Waals surface area contributed by atoms with Gasteiger partial charge in [-0.15, -0.1) is 0 Å². The summed E-state index contributed by atoms with van der Waals surface area (Å²) < 4.78 is 52.3. The monoisotopic (exact) mass is 621 g/mol. The lowest BCUT2D eigenvalue weighted by molar-refractivity contribution is -0.157. The van der Waals surface area contributed by atoms with E-state index in [1.54, 1.807) is 24.3 Å². The molecule has 2 amide bonds. The number of alkyl halides is 3. The fourth-order valence-corrected chi connectivity index (χ4v) is 5.42.